The van der Waals surface area contributed by atoms with Crippen molar-refractivity contribution < 1.29 is 0 Å². The van der Waals surface area contributed by atoms with Crippen LogP contribution in [0.4, 0.5) is 0 Å². The molecule has 2 aliphatic heterocycles. The largest absolute Gasteiger partial charge is 0.350 e. The summed E-state index contributed by atoms with van der Waals surface area (Å²) in [5.41, 5.74) is 16.5. The second kappa shape index (κ2) is 12.9. The standard InChI is InChI=1S/C50H37N3S/c1-34-43-15-9-10-16-48(43)54-53-33-40(23-26-49(53)52(34)2)36-19-17-35(18-20-36)38-21-24-44-45-25-22-39(37-27-29-51-30-28-37)32-47(45)50(46(44)31-38,41-11-5-3-6-12-41)42-13-7-4-8-14-42/h3-33,49H,1H2,2H3. The average Bonchev–Trinajstić information content (AvgIpc) is 3.48. The van der Waals surface area contributed by atoms with Crippen LogP contribution in [0.25, 0.3) is 44.7 Å². The number of benzene rings is 6. The number of allylic oxidation sites excluding steroid dienone is 2. The Morgan fingerprint density at radius 1 is 0.574 bits per heavy atom. The van der Waals surface area contributed by atoms with Gasteiger partial charge in [0.2, 0.25) is 0 Å². The lowest BCUT2D eigenvalue weighted by Gasteiger charge is -2.36. The number of aromatic nitrogens is 1. The minimum absolute atomic E-state index is 0.0868. The molecule has 0 saturated carbocycles. The Morgan fingerprint density at radius 2 is 1.11 bits per heavy atom. The predicted octanol–water partition coefficient (Wildman–Crippen LogP) is 11.9. The molecule has 3 nitrogen and oxygen atoms in total. The Morgan fingerprint density at radius 3 is 1.74 bits per heavy atom. The van der Waals surface area contributed by atoms with Gasteiger partial charge >= 0.3 is 0 Å². The molecular weight excluding hydrogens is 675 g/mol. The van der Waals surface area contributed by atoms with Gasteiger partial charge in [0.05, 0.1) is 5.41 Å². The van der Waals surface area contributed by atoms with Crippen molar-refractivity contribution in [1.82, 2.24) is 14.2 Å². The molecule has 1 unspecified atom stereocenters. The van der Waals surface area contributed by atoms with Crippen LogP contribution < -0.4 is 0 Å². The topological polar surface area (TPSA) is 19.4 Å². The third kappa shape index (κ3) is 5.09. The molecular formula is C50H37N3S. The average molecular weight is 712 g/mol. The van der Waals surface area contributed by atoms with E-state index in [1.54, 1.807) is 11.9 Å². The van der Waals surface area contributed by atoms with Gasteiger partial charge in [0.1, 0.15) is 6.17 Å². The van der Waals surface area contributed by atoms with Crippen molar-refractivity contribution in [2.45, 2.75) is 16.5 Å². The number of rotatable bonds is 5. The monoisotopic (exact) mass is 711 g/mol. The first-order valence-corrected chi connectivity index (χ1v) is 19.2. The van der Waals surface area contributed by atoms with Crippen LogP contribution in [0.15, 0.2) is 200 Å². The highest BCUT2D eigenvalue weighted by Gasteiger charge is 2.46. The molecule has 0 bridgehead atoms. The summed E-state index contributed by atoms with van der Waals surface area (Å²) in [6.07, 6.45) is 10.6. The molecule has 6 aromatic carbocycles. The second-order valence-corrected chi connectivity index (χ2v) is 15.2. The van der Waals surface area contributed by atoms with E-state index >= 15 is 0 Å². The van der Waals surface area contributed by atoms with Crippen LogP contribution in [0.1, 0.15) is 33.4 Å². The predicted molar refractivity (Wildman–Crippen MR) is 224 cm³/mol. The highest BCUT2D eigenvalue weighted by atomic mass is 32.2. The van der Waals surface area contributed by atoms with Gasteiger partial charge in [-0.25, -0.2) is 0 Å². The van der Waals surface area contributed by atoms with Crippen LogP contribution in [0.3, 0.4) is 0 Å². The summed E-state index contributed by atoms with van der Waals surface area (Å²) in [7, 11) is 2.12. The number of hydrogen-bond donors (Lipinski definition) is 0. The molecule has 0 saturated heterocycles. The summed E-state index contributed by atoms with van der Waals surface area (Å²) >= 11 is 1.77. The van der Waals surface area contributed by atoms with Crippen molar-refractivity contribution in [2.75, 3.05) is 7.05 Å². The van der Waals surface area contributed by atoms with E-state index in [2.05, 4.69) is 204 Å². The summed E-state index contributed by atoms with van der Waals surface area (Å²) in [4.78, 5) is 7.76. The maximum absolute atomic E-state index is 4.43. The summed E-state index contributed by atoms with van der Waals surface area (Å²) in [6.45, 7) is 4.43. The quantitative estimate of drug-likeness (QED) is 0.166. The van der Waals surface area contributed by atoms with Crippen LogP contribution in [0, 0.1) is 0 Å². The summed E-state index contributed by atoms with van der Waals surface area (Å²) in [5, 5.41) is 0. The molecule has 4 heteroatoms. The van der Waals surface area contributed by atoms with Crippen molar-refractivity contribution in [1.29, 1.82) is 0 Å². The molecule has 0 spiro atoms. The molecule has 10 rings (SSSR count). The number of fused-ring (bicyclic) bond motifs is 5. The number of hydrogen-bond acceptors (Lipinski definition) is 4. The summed E-state index contributed by atoms with van der Waals surface area (Å²) < 4.78 is 2.34. The zero-order valence-electron chi connectivity index (χ0n) is 29.9. The van der Waals surface area contributed by atoms with Gasteiger partial charge in [-0.15, -0.1) is 0 Å². The molecule has 0 radical (unpaired) electrons. The van der Waals surface area contributed by atoms with Crippen LogP contribution in [-0.4, -0.2) is 27.4 Å². The van der Waals surface area contributed by atoms with Crippen molar-refractivity contribution in [3.05, 3.63) is 228 Å². The molecule has 1 aromatic heterocycles. The molecule has 258 valence electrons. The van der Waals surface area contributed by atoms with Gasteiger partial charge in [0.15, 0.2) is 0 Å². The highest BCUT2D eigenvalue weighted by Crippen LogP contribution is 2.57. The lowest BCUT2D eigenvalue weighted by molar-refractivity contribution is 0.296. The van der Waals surface area contributed by atoms with Gasteiger partial charge < -0.3 is 4.90 Å². The van der Waals surface area contributed by atoms with E-state index in [1.807, 2.05) is 12.4 Å². The van der Waals surface area contributed by atoms with Gasteiger partial charge in [-0.05, 0) is 115 Å². The van der Waals surface area contributed by atoms with E-state index in [9.17, 15) is 0 Å². The fourth-order valence-corrected chi connectivity index (χ4v) is 9.71. The zero-order chi connectivity index (χ0) is 36.2. The lowest BCUT2D eigenvalue weighted by Crippen LogP contribution is -2.38. The lowest BCUT2D eigenvalue weighted by atomic mass is 9.67. The van der Waals surface area contributed by atoms with Crippen molar-refractivity contribution >= 4 is 23.2 Å². The molecule has 1 atom stereocenters. The third-order valence-corrected chi connectivity index (χ3v) is 12.4. The van der Waals surface area contributed by atoms with Gasteiger partial charge in [-0.3, -0.25) is 9.29 Å². The van der Waals surface area contributed by atoms with Crippen molar-refractivity contribution in [2.24, 2.45) is 0 Å². The highest BCUT2D eigenvalue weighted by molar-refractivity contribution is 7.97. The van der Waals surface area contributed by atoms with E-state index in [4.69, 9.17) is 0 Å². The Hall–Kier alpha value is -6.36. The van der Waals surface area contributed by atoms with E-state index in [1.165, 1.54) is 71.7 Å². The van der Waals surface area contributed by atoms with Crippen molar-refractivity contribution in [3.63, 3.8) is 0 Å². The molecule has 0 amide bonds. The summed E-state index contributed by atoms with van der Waals surface area (Å²) in [6, 6.07) is 57.9. The first-order chi connectivity index (χ1) is 26.6. The first kappa shape index (κ1) is 32.3. The smallest absolute Gasteiger partial charge is 0.131 e. The first-order valence-electron chi connectivity index (χ1n) is 18.4. The maximum Gasteiger partial charge on any atom is 0.131 e. The van der Waals surface area contributed by atoms with E-state index < -0.39 is 5.41 Å². The zero-order valence-corrected chi connectivity index (χ0v) is 30.7. The SMILES string of the molecule is C=C1c2ccccc2SN2C=C(c3ccc(-c4ccc5c(c4)C(c4ccccc4)(c4ccccc4)c4cc(-c6ccncc6)ccc4-5)cc3)C=CC2N1C. The molecule has 0 fully saturated rings. The van der Waals surface area contributed by atoms with Crippen LogP contribution in [0.2, 0.25) is 0 Å². The minimum atomic E-state index is -0.498. The van der Waals surface area contributed by atoms with Crippen LogP contribution in [-0.2, 0) is 5.41 Å². The Balaban J connectivity index is 1.07. The van der Waals surface area contributed by atoms with Crippen molar-refractivity contribution in [3.8, 4) is 33.4 Å². The third-order valence-electron chi connectivity index (χ3n) is 11.3. The Bertz CT molecular complexity index is 2570. The molecule has 3 aliphatic rings. The van der Waals surface area contributed by atoms with Crippen LogP contribution in [0.5, 0.6) is 0 Å². The normalized spacial score (nSPS) is 16.5. The number of likely N-dealkylation sites (N-methyl/N-ethyl adjacent to an activating group) is 1. The fourth-order valence-electron chi connectivity index (χ4n) is 8.58. The van der Waals surface area contributed by atoms with Gasteiger partial charge in [-0.2, -0.15) is 0 Å². The summed E-state index contributed by atoms with van der Waals surface area (Å²) in [5.74, 6) is 0. The van der Waals surface area contributed by atoms with Gasteiger partial charge in [0.25, 0.3) is 0 Å². The Kier molecular flexibility index (Phi) is 7.74. The maximum atomic E-state index is 4.43. The minimum Gasteiger partial charge on any atom is -0.350 e. The van der Waals surface area contributed by atoms with E-state index in [-0.39, 0.29) is 6.17 Å². The molecule has 54 heavy (non-hydrogen) atoms. The second-order valence-electron chi connectivity index (χ2n) is 14.2. The van der Waals surface area contributed by atoms with Gasteiger partial charge in [0, 0.05) is 41.8 Å². The molecule has 0 N–H and O–H groups in total. The molecule has 7 aromatic rings. The fraction of sp³-hybridized carbons (Fsp3) is 0.0600. The van der Waals surface area contributed by atoms with E-state index in [0.29, 0.717) is 0 Å². The van der Waals surface area contributed by atoms with Gasteiger partial charge in [-0.1, -0.05) is 140 Å². The number of pyridine rings is 1. The molecule has 1 aliphatic carbocycles. The number of nitrogens with zero attached hydrogens (tertiary/aromatic N) is 3. The van der Waals surface area contributed by atoms with E-state index in [0.717, 1.165) is 11.3 Å². The van der Waals surface area contributed by atoms with Crippen LogP contribution >= 0.6 is 11.9 Å². The molecule has 3 heterocycles. The Labute approximate surface area is 321 Å².